The van der Waals surface area contributed by atoms with Crippen molar-refractivity contribution in [3.05, 3.63) is 0 Å². The van der Waals surface area contributed by atoms with E-state index in [0.29, 0.717) is 12.6 Å². The molecule has 2 amide bonds. The van der Waals surface area contributed by atoms with Crippen molar-refractivity contribution in [3.63, 3.8) is 0 Å². The third-order valence-electron chi connectivity index (χ3n) is 2.99. The van der Waals surface area contributed by atoms with Crippen LogP contribution in [-0.2, 0) is 0 Å². The Hall–Kier alpha value is -0.770. The standard InChI is InChI=1S/C11H23N3O/c1-2-9(12)8-13-11(15)14-10-6-4-3-5-7-10/h9-10H,2-8,12H2,1H3,(H2,13,14,15). The van der Waals surface area contributed by atoms with Gasteiger partial charge in [0.2, 0.25) is 0 Å². The second-order valence-electron chi connectivity index (χ2n) is 4.36. The molecule has 1 rings (SSSR count). The van der Waals surface area contributed by atoms with Gasteiger partial charge in [0.05, 0.1) is 0 Å². The zero-order valence-electron chi connectivity index (χ0n) is 9.59. The summed E-state index contributed by atoms with van der Waals surface area (Å²) in [6, 6.07) is 0.379. The number of urea groups is 1. The van der Waals surface area contributed by atoms with Gasteiger partial charge < -0.3 is 16.4 Å². The Labute approximate surface area is 92.0 Å². The quantitative estimate of drug-likeness (QED) is 0.660. The lowest BCUT2D eigenvalue weighted by atomic mass is 9.96. The molecule has 15 heavy (non-hydrogen) atoms. The summed E-state index contributed by atoms with van der Waals surface area (Å²) in [7, 11) is 0. The summed E-state index contributed by atoms with van der Waals surface area (Å²) in [4.78, 5) is 11.5. The second-order valence-corrected chi connectivity index (χ2v) is 4.36. The molecule has 88 valence electrons. The number of carbonyl (C=O) groups is 1. The highest BCUT2D eigenvalue weighted by molar-refractivity contribution is 5.74. The maximum Gasteiger partial charge on any atom is 0.315 e. The van der Waals surface area contributed by atoms with Crippen molar-refractivity contribution in [1.29, 1.82) is 0 Å². The minimum Gasteiger partial charge on any atom is -0.337 e. The Kier molecular flexibility index (Phi) is 5.47. The average molecular weight is 213 g/mol. The van der Waals surface area contributed by atoms with E-state index in [0.717, 1.165) is 19.3 Å². The summed E-state index contributed by atoms with van der Waals surface area (Å²) in [6.45, 7) is 2.58. The van der Waals surface area contributed by atoms with Gasteiger partial charge in [0.25, 0.3) is 0 Å². The Morgan fingerprint density at radius 2 is 2.07 bits per heavy atom. The lowest BCUT2D eigenvalue weighted by Gasteiger charge is -2.23. The van der Waals surface area contributed by atoms with Crippen molar-refractivity contribution >= 4 is 6.03 Å². The van der Waals surface area contributed by atoms with Crippen molar-refractivity contribution in [2.24, 2.45) is 5.73 Å². The van der Waals surface area contributed by atoms with E-state index in [9.17, 15) is 4.79 Å². The van der Waals surface area contributed by atoms with Gasteiger partial charge in [-0.15, -0.1) is 0 Å². The largest absolute Gasteiger partial charge is 0.337 e. The number of nitrogens with one attached hydrogen (secondary N) is 2. The first-order valence-corrected chi connectivity index (χ1v) is 6.02. The van der Waals surface area contributed by atoms with Crippen LogP contribution in [0.2, 0.25) is 0 Å². The zero-order chi connectivity index (χ0) is 11.1. The number of amides is 2. The Morgan fingerprint density at radius 3 is 2.67 bits per heavy atom. The van der Waals surface area contributed by atoms with E-state index in [1.165, 1.54) is 19.3 Å². The van der Waals surface area contributed by atoms with E-state index in [1.807, 2.05) is 6.92 Å². The van der Waals surface area contributed by atoms with Crippen LogP contribution in [0.1, 0.15) is 45.4 Å². The number of nitrogens with two attached hydrogens (primary N) is 1. The fourth-order valence-electron chi connectivity index (χ4n) is 1.85. The van der Waals surface area contributed by atoms with E-state index >= 15 is 0 Å². The van der Waals surface area contributed by atoms with E-state index in [2.05, 4.69) is 10.6 Å². The fourth-order valence-corrected chi connectivity index (χ4v) is 1.85. The van der Waals surface area contributed by atoms with Crippen LogP contribution >= 0.6 is 0 Å². The summed E-state index contributed by atoms with van der Waals surface area (Å²) in [5.74, 6) is 0. The first kappa shape index (κ1) is 12.3. The van der Waals surface area contributed by atoms with Gasteiger partial charge in [0.15, 0.2) is 0 Å². The second kappa shape index (κ2) is 6.67. The maximum atomic E-state index is 11.5. The van der Waals surface area contributed by atoms with Crippen LogP contribution in [0.25, 0.3) is 0 Å². The molecule has 1 aliphatic rings. The fraction of sp³-hybridized carbons (Fsp3) is 0.909. The minimum atomic E-state index is -0.0641. The highest BCUT2D eigenvalue weighted by Crippen LogP contribution is 2.16. The number of carbonyl (C=O) groups excluding carboxylic acids is 1. The molecule has 1 atom stereocenters. The molecule has 0 saturated heterocycles. The van der Waals surface area contributed by atoms with Crippen LogP contribution < -0.4 is 16.4 Å². The molecule has 0 aliphatic heterocycles. The maximum absolute atomic E-state index is 11.5. The van der Waals surface area contributed by atoms with Crippen LogP contribution in [-0.4, -0.2) is 24.7 Å². The molecule has 1 aliphatic carbocycles. The summed E-state index contributed by atoms with van der Waals surface area (Å²) >= 11 is 0. The minimum absolute atomic E-state index is 0.0641. The molecule has 0 aromatic heterocycles. The van der Waals surface area contributed by atoms with Crippen LogP contribution in [0.3, 0.4) is 0 Å². The van der Waals surface area contributed by atoms with Crippen molar-refractivity contribution in [1.82, 2.24) is 10.6 Å². The molecule has 0 heterocycles. The van der Waals surface area contributed by atoms with Crippen molar-refractivity contribution in [2.75, 3.05) is 6.54 Å². The van der Waals surface area contributed by atoms with Gasteiger partial charge in [-0.3, -0.25) is 0 Å². The molecule has 0 aromatic carbocycles. The topological polar surface area (TPSA) is 67.1 Å². The first-order chi connectivity index (χ1) is 7.22. The molecule has 4 heteroatoms. The Morgan fingerprint density at radius 1 is 1.40 bits per heavy atom. The van der Waals surface area contributed by atoms with Crippen molar-refractivity contribution < 1.29 is 4.79 Å². The summed E-state index contributed by atoms with van der Waals surface area (Å²) in [5.41, 5.74) is 5.71. The molecule has 0 aromatic rings. The van der Waals surface area contributed by atoms with Crippen molar-refractivity contribution in [3.8, 4) is 0 Å². The van der Waals surface area contributed by atoms with Gasteiger partial charge in [-0.2, -0.15) is 0 Å². The molecule has 1 fully saturated rings. The normalized spacial score (nSPS) is 19.6. The van der Waals surface area contributed by atoms with E-state index < -0.39 is 0 Å². The van der Waals surface area contributed by atoms with E-state index in [4.69, 9.17) is 5.73 Å². The molecule has 0 radical (unpaired) electrons. The monoisotopic (exact) mass is 213 g/mol. The van der Waals surface area contributed by atoms with Gasteiger partial charge in [0.1, 0.15) is 0 Å². The molecule has 1 unspecified atom stereocenters. The lowest BCUT2D eigenvalue weighted by Crippen LogP contribution is -2.46. The average Bonchev–Trinajstić information content (AvgIpc) is 2.27. The molecule has 4 N–H and O–H groups in total. The van der Waals surface area contributed by atoms with Crippen LogP contribution in [0.5, 0.6) is 0 Å². The predicted octanol–water partition coefficient (Wildman–Crippen LogP) is 1.36. The van der Waals surface area contributed by atoms with Crippen LogP contribution in [0.15, 0.2) is 0 Å². The number of hydrogen-bond donors (Lipinski definition) is 3. The van der Waals surface area contributed by atoms with Gasteiger partial charge in [0, 0.05) is 18.6 Å². The predicted molar refractivity (Wildman–Crippen MR) is 61.7 cm³/mol. The van der Waals surface area contributed by atoms with Crippen LogP contribution in [0.4, 0.5) is 4.79 Å². The number of rotatable bonds is 4. The Bertz CT molecular complexity index is 190. The van der Waals surface area contributed by atoms with Gasteiger partial charge >= 0.3 is 6.03 Å². The highest BCUT2D eigenvalue weighted by Gasteiger charge is 2.15. The molecule has 0 bridgehead atoms. The van der Waals surface area contributed by atoms with E-state index in [1.54, 1.807) is 0 Å². The summed E-state index contributed by atoms with van der Waals surface area (Å²) in [5, 5.41) is 5.80. The van der Waals surface area contributed by atoms with Crippen molar-refractivity contribution in [2.45, 2.75) is 57.5 Å². The molecular formula is C11H23N3O. The molecule has 0 spiro atoms. The zero-order valence-corrected chi connectivity index (χ0v) is 9.59. The third-order valence-corrected chi connectivity index (χ3v) is 2.99. The molecule has 1 saturated carbocycles. The highest BCUT2D eigenvalue weighted by atomic mass is 16.2. The Balaban J connectivity index is 2.11. The lowest BCUT2D eigenvalue weighted by molar-refractivity contribution is 0.232. The van der Waals surface area contributed by atoms with Crippen LogP contribution in [0, 0.1) is 0 Å². The summed E-state index contributed by atoms with van der Waals surface area (Å²) < 4.78 is 0. The molecular weight excluding hydrogens is 190 g/mol. The SMILES string of the molecule is CCC(N)CNC(=O)NC1CCCCC1. The van der Waals surface area contributed by atoms with E-state index in [-0.39, 0.29) is 12.1 Å². The summed E-state index contributed by atoms with van der Waals surface area (Å²) in [6.07, 6.45) is 6.91. The number of hydrogen-bond acceptors (Lipinski definition) is 2. The van der Waals surface area contributed by atoms with Gasteiger partial charge in [-0.25, -0.2) is 4.79 Å². The van der Waals surface area contributed by atoms with Gasteiger partial charge in [-0.05, 0) is 19.3 Å². The third kappa shape index (κ3) is 5.02. The first-order valence-electron chi connectivity index (χ1n) is 6.02. The molecule has 4 nitrogen and oxygen atoms in total. The van der Waals surface area contributed by atoms with Gasteiger partial charge in [-0.1, -0.05) is 26.2 Å². The smallest absolute Gasteiger partial charge is 0.315 e.